The van der Waals surface area contributed by atoms with Crippen molar-refractivity contribution >= 4 is 40.7 Å². The maximum Gasteiger partial charge on any atom is 0.311 e. The molecule has 2 aliphatic rings. The van der Waals surface area contributed by atoms with Crippen molar-refractivity contribution in [2.45, 2.75) is 84.1 Å². The van der Waals surface area contributed by atoms with E-state index in [0.29, 0.717) is 64.2 Å². The van der Waals surface area contributed by atoms with Crippen molar-refractivity contribution in [1.82, 2.24) is 14.9 Å². The molecule has 12 nitrogen and oxygen atoms in total. The van der Waals surface area contributed by atoms with Gasteiger partial charge in [0.2, 0.25) is 0 Å². The molecule has 1 aliphatic heterocycles. The molecule has 0 amide bonds. The molecule has 0 unspecified atom stereocenters. The Morgan fingerprint density at radius 1 is 1.08 bits per heavy atom. The van der Waals surface area contributed by atoms with E-state index < -0.39 is 17.8 Å². The summed E-state index contributed by atoms with van der Waals surface area (Å²) < 4.78 is 7.38. The van der Waals surface area contributed by atoms with Crippen molar-refractivity contribution in [2.75, 3.05) is 13.2 Å². The number of carbonyl (C=O) groups excluding carboxylic acids is 3. The molecule has 276 valence electrons. The Hall–Kier alpha value is -5.30. The van der Waals surface area contributed by atoms with Crippen LogP contribution in [0.2, 0.25) is 0 Å². The zero-order valence-electron chi connectivity index (χ0n) is 30.4. The first-order valence-electron chi connectivity index (χ1n) is 17.8. The minimum Gasteiger partial charge on any atom is -0.427 e. The van der Waals surface area contributed by atoms with Crippen LogP contribution >= 0.6 is 0 Å². The maximum absolute atomic E-state index is 13.8. The van der Waals surface area contributed by atoms with E-state index in [1.165, 1.54) is 6.08 Å². The summed E-state index contributed by atoms with van der Waals surface area (Å²) in [4.78, 5) is 61.4. The van der Waals surface area contributed by atoms with Gasteiger partial charge in [0.15, 0.2) is 11.6 Å². The molecule has 3 N–H and O–H groups in total. The molecule has 0 saturated carbocycles. The molecule has 2 aromatic heterocycles. The number of Topliss-reactive ketones (excluding diaryl/α,β-unsaturated/α-hetero) is 1. The normalized spacial score (nSPS) is 16.6. The lowest BCUT2D eigenvalue weighted by atomic mass is 9.77. The third-order valence-electron chi connectivity index (χ3n) is 9.48. The fourth-order valence-corrected chi connectivity index (χ4v) is 6.68. The van der Waals surface area contributed by atoms with Crippen molar-refractivity contribution < 1.29 is 34.2 Å². The van der Waals surface area contributed by atoms with Gasteiger partial charge in [-0.2, -0.15) is 0 Å². The first kappa shape index (κ1) is 37.5. The lowest BCUT2D eigenvalue weighted by molar-refractivity contribution is -0.140. The number of pyridine rings is 2. The Morgan fingerprint density at radius 2 is 1.85 bits per heavy atom. The number of carbonyl (C=O) groups is 3. The fraction of sp³-hybridized carbons (Fsp3) is 0.366. The van der Waals surface area contributed by atoms with E-state index >= 15 is 0 Å². The number of aromatic nitrogens is 2. The van der Waals surface area contributed by atoms with E-state index in [4.69, 9.17) is 19.7 Å². The lowest BCUT2D eigenvalue weighted by Crippen LogP contribution is -2.43. The number of hydrogen-bond donors (Lipinski definition) is 3. The number of ether oxygens (including phenoxy) is 1. The standard InChI is InChI=1S/C41H44N4O8/c1-5-41(51)33-20-35-38-32(23-45(35)39(50)29(33)15-17-36(41)48)31(22-43-53-40(2,3)4)30-19-28(14-16-34(30)44-38)52-37(49)7-6-18-42-21-26-10-8-25(9-11-26)12-13-27(47)24-46/h8-14,16,19-20,22,42,46,51H,5-7,15,17-18,21,23-24H2,1-4H3/b13-12+,43-22-/t41-/m0/s1. The van der Waals surface area contributed by atoms with Crippen LogP contribution in [0.15, 0.2) is 64.6 Å². The maximum atomic E-state index is 13.8. The number of oxime groups is 1. The number of nitrogens with zero attached hydrogens (tertiary/aromatic N) is 3. The van der Waals surface area contributed by atoms with Crippen LogP contribution in [0.1, 0.15) is 86.8 Å². The van der Waals surface area contributed by atoms with E-state index in [-0.39, 0.29) is 55.3 Å². The van der Waals surface area contributed by atoms with Gasteiger partial charge in [0.05, 0.1) is 29.7 Å². The average Bonchev–Trinajstić information content (AvgIpc) is 3.50. The molecule has 3 heterocycles. The van der Waals surface area contributed by atoms with Crippen molar-refractivity contribution in [2.24, 2.45) is 5.16 Å². The van der Waals surface area contributed by atoms with E-state index in [1.54, 1.807) is 48.0 Å². The van der Waals surface area contributed by atoms with E-state index in [2.05, 4.69) is 10.5 Å². The first-order chi connectivity index (χ1) is 25.3. The van der Waals surface area contributed by atoms with Crippen molar-refractivity contribution in [3.63, 3.8) is 0 Å². The second-order valence-electron chi connectivity index (χ2n) is 14.4. The van der Waals surface area contributed by atoms with Crippen LogP contribution < -0.4 is 15.6 Å². The zero-order valence-corrected chi connectivity index (χ0v) is 30.4. The van der Waals surface area contributed by atoms with Gasteiger partial charge in [-0.05, 0) is 88.0 Å². The predicted molar refractivity (Wildman–Crippen MR) is 201 cm³/mol. The van der Waals surface area contributed by atoms with Crippen LogP contribution in [0.4, 0.5) is 0 Å². The third-order valence-corrected chi connectivity index (χ3v) is 9.48. The van der Waals surface area contributed by atoms with Crippen molar-refractivity contribution in [1.29, 1.82) is 0 Å². The highest BCUT2D eigenvalue weighted by Crippen LogP contribution is 2.41. The summed E-state index contributed by atoms with van der Waals surface area (Å²) in [6.07, 6.45) is 5.88. The molecule has 6 rings (SSSR count). The third kappa shape index (κ3) is 8.04. The van der Waals surface area contributed by atoms with Gasteiger partial charge in [-0.3, -0.25) is 19.2 Å². The molecule has 12 heteroatoms. The van der Waals surface area contributed by atoms with Crippen LogP contribution in [0.25, 0.3) is 28.4 Å². The average molecular weight is 721 g/mol. The minimum atomic E-state index is -1.72. The van der Waals surface area contributed by atoms with Gasteiger partial charge >= 0.3 is 5.97 Å². The Morgan fingerprint density at radius 3 is 2.57 bits per heavy atom. The number of esters is 1. The number of nitrogens with one attached hydrogen (secondary N) is 1. The fourth-order valence-electron chi connectivity index (χ4n) is 6.68. The summed E-state index contributed by atoms with van der Waals surface area (Å²) in [5.74, 6) is -0.692. The van der Waals surface area contributed by atoms with E-state index in [9.17, 15) is 24.3 Å². The second kappa shape index (κ2) is 15.4. The largest absolute Gasteiger partial charge is 0.427 e. The van der Waals surface area contributed by atoms with Gasteiger partial charge in [0, 0.05) is 47.0 Å². The number of fused-ring (bicyclic) bond motifs is 5. The van der Waals surface area contributed by atoms with Gasteiger partial charge in [-0.25, -0.2) is 4.98 Å². The highest BCUT2D eigenvalue weighted by atomic mass is 16.6. The predicted octanol–water partition coefficient (Wildman–Crippen LogP) is 4.74. The molecule has 1 aliphatic carbocycles. The topological polar surface area (TPSA) is 169 Å². The Kier molecular flexibility index (Phi) is 10.9. The van der Waals surface area contributed by atoms with E-state index in [0.717, 1.165) is 16.7 Å². The van der Waals surface area contributed by atoms with Crippen LogP contribution in [-0.2, 0) is 44.3 Å². The van der Waals surface area contributed by atoms with Crippen molar-refractivity contribution in [3.05, 3.63) is 98.3 Å². The summed E-state index contributed by atoms with van der Waals surface area (Å²) in [5, 5.41) is 28.5. The number of aliphatic hydroxyl groups is 2. The molecule has 0 bridgehead atoms. The number of aliphatic hydroxyl groups excluding tert-OH is 1. The Bertz CT molecular complexity index is 2200. The highest BCUT2D eigenvalue weighted by Gasteiger charge is 2.43. The van der Waals surface area contributed by atoms with Gasteiger partial charge in [-0.15, -0.1) is 0 Å². The molecule has 0 fully saturated rings. The lowest BCUT2D eigenvalue weighted by Gasteiger charge is -2.32. The molecule has 0 radical (unpaired) electrons. The molecule has 53 heavy (non-hydrogen) atoms. The van der Waals surface area contributed by atoms with Gasteiger partial charge in [-0.1, -0.05) is 42.4 Å². The molecule has 0 saturated heterocycles. The SMILES string of the molecule is CC[C@@]1(O)C(=O)CCc2c1cc1n(c2=O)Cc2c-1nc1ccc(OC(=O)CCCNCc3ccc(/C=C/C(=O)CO)cc3)cc1c2/C=N\OC(C)(C)C. The smallest absolute Gasteiger partial charge is 0.311 e. The van der Waals surface area contributed by atoms with Gasteiger partial charge in [0.25, 0.3) is 5.56 Å². The second-order valence-corrected chi connectivity index (χ2v) is 14.4. The van der Waals surface area contributed by atoms with Crippen LogP contribution in [0.5, 0.6) is 5.75 Å². The quantitative estimate of drug-likeness (QED) is 0.0386. The molecule has 2 aromatic carbocycles. The molecule has 4 aromatic rings. The molecule has 1 atom stereocenters. The molecular weight excluding hydrogens is 676 g/mol. The number of hydrogen-bond acceptors (Lipinski definition) is 11. The summed E-state index contributed by atoms with van der Waals surface area (Å²) in [5.41, 5.74) is 3.19. The minimum absolute atomic E-state index is 0.104. The first-order valence-corrected chi connectivity index (χ1v) is 17.8. The zero-order chi connectivity index (χ0) is 37.9. The number of rotatable bonds is 13. The monoisotopic (exact) mass is 720 g/mol. The van der Waals surface area contributed by atoms with Crippen LogP contribution in [-0.4, -0.2) is 62.3 Å². The Balaban J connectivity index is 1.19. The molecular formula is C41H44N4O8. The summed E-state index contributed by atoms with van der Waals surface area (Å²) in [6.45, 7) is 8.27. The van der Waals surface area contributed by atoms with Crippen molar-refractivity contribution in [3.8, 4) is 17.1 Å². The Labute approximate surface area is 307 Å². The number of ketones is 2. The van der Waals surface area contributed by atoms with Crippen LogP contribution in [0.3, 0.4) is 0 Å². The van der Waals surface area contributed by atoms with E-state index in [1.807, 2.05) is 45.0 Å². The van der Waals surface area contributed by atoms with Crippen LogP contribution in [0, 0.1) is 0 Å². The summed E-state index contributed by atoms with van der Waals surface area (Å²) >= 11 is 0. The summed E-state index contributed by atoms with van der Waals surface area (Å²) in [7, 11) is 0. The highest BCUT2D eigenvalue weighted by molar-refractivity contribution is 6.03. The molecule has 0 spiro atoms. The summed E-state index contributed by atoms with van der Waals surface area (Å²) in [6, 6.07) is 14.6. The van der Waals surface area contributed by atoms with Gasteiger partial charge in [0.1, 0.15) is 23.6 Å². The number of benzene rings is 2. The van der Waals surface area contributed by atoms with Gasteiger partial charge < -0.3 is 29.7 Å².